The molecule has 3 aromatic rings. The lowest BCUT2D eigenvalue weighted by Gasteiger charge is -2.26. The molecule has 2 aromatic carbocycles. The van der Waals surface area contributed by atoms with Crippen molar-refractivity contribution in [2.75, 3.05) is 4.90 Å². The van der Waals surface area contributed by atoms with Crippen molar-refractivity contribution in [3.05, 3.63) is 70.0 Å². The number of carboxylic acids is 1. The van der Waals surface area contributed by atoms with Crippen LogP contribution in [0.25, 0.3) is 0 Å². The number of halogens is 5. The first-order valence-electron chi connectivity index (χ1n) is 9.36. The van der Waals surface area contributed by atoms with Crippen LogP contribution < -0.4 is 9.64 Å². The Morgan fingerprint density at radius 1 is 1.15 bits per heavy atom. The van der Waals surface area contributed by atoms with Gasteiger partial charge in [-0.15, -0.1) is 13.2 Å². The van der Waals surface area contributed by atoms with E-state index in [4.69, 9.17) is 23.2 Å². The molecule has 4 rings (SSSR count). The van der Waals surface area contributed by atoms with Crippen molar-refractivity contribution in [1.82, 2.24) is 9.55 Å². The van der Waals surface area contributed by atoms with Crippen molar-refractivity contribution >= 4 is 46.7 Å². The molecule has 33 heavy (non-hydrogen) atoms. The molecule has 0 unspecified atom stereocenters. The molecule has 0 bridgehead atoms. The molecule has 1 aromatic heterocycles. The number of ether oxygens (including phenoxy) is 1. The zero-order chi connectivity index (χ0) is 24.1. The molecule has 1 N–H and O–H groups in total. The van der Waals surface area contributed by atoms with Crippen molar-refractivity contribution in [3.63, 3.8) is 0 Å². The lowest BCUT2D eigenvalue weighted by molar-refractivity contribution is -0.274. The highest BCUT2D eigenvalue weighted by Crippen LogP contribution is 2.43. The van der Waals surface area contributed by atoms with E-state index >= 15 is 0 Å². The van der Waals surface area contributed by atoms with Gasteiger partial charge in [-0.25, -0.2) is 14.7 Å². The van der Waals surface area contributed by atoms with Crippen LogP contribution in [-0.2, 0) is 16.8 Å². The standard InChI is InChI=1S/C21H14Cl2F3N3O4/c1-20(9-11-2-4-15(5-3-11)33-21(24,25)26)18(32)28(14-7-12(22)6-13(23)8-14)19-27-10-16(17(30)31)29(19)20/h2-8,10H,9H2,1H3,(H,30,31)/t20-/m1/s1. The van der Waals surface area contributed by atoms with Crippen molar-refractivity contribution in [3.8, 4) is 5.75 Å². The number of alkyl halides is 3. The first-order chi connectivity index (χ1) is 15.4. The van der Waals surface area contributed by atoms with Crippen LogP contribution in [0.2, 0.25) is 10.0 Å². The number of rotatable bonds is 5. The monoisotopic (exact) mass is 499 g/mol. The summed E-state index contributed by atoms with van der Waals surface area (Å²) in [5, 5.41) is 10.2. The molecule has 0 saturated heterocycles. The molecule has 2 heterocycles. The molecular formula is C21H14Cl2F3N3O4. The molecule has 12 heteroatoms. The SMILES string of the molecule is C[C@@]1(Cc2ccc(OC(F)(F)F)cc2)C(=O)N(c2cc(Cl)cc(Cl)c2)c2ncc(C(=O)O)n21. The van der Waals surface area contributed by atoms with E-state index in [0.717, 1.165) is 18.3 Å². The van der Waals surface area contributed by atoms with Gasteiger partial charge in [0.25, 0.3) is 5.91 Å². The summed E-state index contributed by atoms with van der Waals surface area (Å²) in [6.07, 6.45) is -3.75. The average molecular weight is 500 g/mol. The van der Waals surface area contributed by atoms with Gasteiger partial charge in [-0.05, 0) is 42.8 Å². The first kappa shape index (κ1) is 22.9. The zero-order valence-corrected chi connectivity index (χ0v) is 18.2. The molecule has 0 aliphatic carbocycles. The van der Waals surface area contributed by atoms with Crippen LogP contribution in [0.15, 0.2) is 48.7 Å². The number of anilines is 2. The maximum absolute atomic E-state index is 13.6. The molecular weight excluding hydrogens is 486 g/mol. The number of fused-ring (bicyclic) bond motifs is 1. The summed E-state index contributed by atoms with van der Waals surface area (Å²) < 4.78 is 42.5. The molecule has 1 aliphatic rings. The van der Waals surface area contributed by atoms with E-state index in [-0.39, 0.29) is 28.1 Å². The average Bonchev–Trinajstić information content (AvgIpc) is 3.21. The third-order valence-electron chi connectivity index (χ3n) is 5.13. The number of aromatic nitrogens is 2. The Morgan fingerprint density at radius 2 is 1.76 bits per heavy atom. The zero-order valence-electron chi connectivity index (χ0n) is 16.7. The number of aromatic carboxylic acids is 1. The molecule has 0 saturated carbocycles. The highest BCUT2D eigenvalue weighted by Gasteiger charge is 2.51. The van der Waals surface area contributed by atoms with Crippen molar-refractivity contribution in [1.29, 1.82) is 0 Å². The minimum Gasteiger partial charge on any atom is -0.477 e. The van der Waals surface area contributed by atoms with Gasteiger partial charge in [-0.1, -0.05) is 35.3 Å². The van der Waals surface area contributed by atoms with Gasteiger partial charge in [0, 0.05) is 16.5 Å². The van der Waals surface area contributed by atoms with E-state index in [1.54, 1.807) is 0 Å². The number of hydrogen-bond acceptors (Lipinski definition) is 4. The van der Waals surface area contributed by atoms with Gasteiger partial charge >= 0.3 is 12.3 Å². The summed E-state index contributed by atoms with van der Waals surface area (Å²) in [6.45, 7) is 1.53. The largest absolute Gasteiger partial charge is 0.573 e. The fourth-order valence-corrected chi connectivity index (χ4v) is 4.34. The van der Waals surface area contributed by atoms with E-state index in [9.17, 15) is 27.9 Å². The molecule has 1 aliphatic heterocycles. The Morgan fingerprint density at radius 3 is 2.30 bits per heavy atom. The van der Waals surface area contributed by atoms with Gasteiger partial charge in [0.2, 0.25) is 5.95 Å². The van der Waals surface area contributed by atoms with Gasteiger partial charge in [-0.3, -0.25) is 9.36 Å². The second-order valence-electron chi connectivity index (χ2n) is 7.49. The number of carbonyl (C=O) groups is 2. The molecule has 0 spiro atoms. The molecule has 7 nitrogen and oxygen atoms in total. The Kier molecular flexibility index (Phi) is 5.53. The van der Waals surface area contributed by atoms with Gasteiger partial charge < -0.3 is 9.84 Å². The second kappa shape index (κ2) is 7.96. The number of carboxylic acid groups (broad SMARTS) is 1. The van der Waals surface area contributed by atoms with E-state index in [1.165, 1.54) is 46.7 Å². The predicted molar refractivity (Wildman–Crippen MR) is 113 cm³/mol. The fourth-order valence-electron chi connectivity index (χ4n) is 3.83. The summed E-state index contributed by atoms with van der Waals surface area (Å²) >= 11 is 12.2. The van der Waals surface area contributed by atoms with E-state index in [2.05, 4.69) is 9.72 Å². The number of nitrogens with zero attached hydrogens (tertiary/aromatic N) is 3. The summed E-state index contributed by atoms with van der Waals surface area (Å²) in [6, 6.07) is 9.43. The summed E-state index contributed by atoms with van der Waals surface area (Å²) in [5.41, 5.74) is -0.921. The number of amides is 1. The van der Waals surface area contributed by atoms with Crippen LogP contribution in [0.3, 0.4) is 0 Å². The normalized spacial score (nSPS) is 17.9. The van der Waals surface area contributed by atoms with E-state index in [0.29, 0.717) is 11.3 Å². The van der Waals surface area contributed by atoms with Gasteiger partial charge in [-0.2, -0.15) is 0 Å². The minimum absolute atomic E-state index is 0.0351. The molecule has 172 valence electrons. The first-order valence-corrected chi connectivity index (χ1v) is 10.1. The van der Waals surface area contributed by atoms with Crippen LogP contribution in [0.1, 0.15) is 23.0 Å². The lowest BCUT2D eigenvalue weighted by Crippen LogP contribution is -2.42. The van der Waals surface area contributed by atoms with Crippen LogP contribution >= 0.6 is 23.2 Å². The summed E-state index contributed by atoms with van der Waals surface area (Å²) in [5.74, 6) is -2.18. The van der Waals surface area contributed by atoms with E-state index < -0.39 is 29.5 Å². The molecule has 1 amide bonds. The molecule has 0 fully saturated rings. The van der Waals surface area contributed by atoms with Gasteiger partial charge in [0.05, 0.1) is 11.9 Å². The summed E-state index contributed by atoms with van der Waals surface area (Å²) in [7, 11) is 0. The molecule has 0 radical (unpaired) electrons. The third kappa shape index (κ3) is 4.23. The maximum atomic E-state index is 13.6. The minimum atomic E-state index is -4.84. The highest BCUT2D eigenvalue weighted by atomic mass is 35.5. The Balaban J connectivity index is 1.77. The van der Waals surface area contributed by atoms with Crippen LogP contribution in [0.5, 0.6) is 5.75 Å². The number of carbonyl (C=O) groups excluding carboxylic acids is 1. The highest BCUT2D eigenvalue weighted by molar-refractivity contribution is 6.35. The van der Waals surface area contributed by atoms with Crippen molar-refractivity contribution in [2.45, 2.75) is 25.2 Å². The smallest absolute Gasteiger partial charge is 0.477 e. The number of benzene rings is 2. The molecule has 1 atom stereocenters. The van der Waals surface area contributed by atoms with Gasteiger partial charge in [0.1, 0.15) is 17.0 Å². The van der Waals surface area contributed by atoms with Crippen LogP contribution in [0.4, 0.5) is 24.8 Å². The number of imidazole rings is 1. The summed E-state index contributed by atoms with van der Waals surface area (Å²) in [4.78, 5) is 30.8. The quantitative estimate of drug-likeness (QED) is 0.506. The van der Waals surface area contributed by atoms with Gasteiger partial charge in [0.15, 0.2) is 0 Å². The van der Waals surface area contributed by atoms with Crippen LogP contribution in [0, 0.1) is 0 Å². The Hall–Kier alpha value is -3.24. The fraction of sp³-hybridized carbons (Fsp3) is 0.190. The maximum Gasteiger partial charge on any atom is 0.573 e. The van der Waals surface area contributed by atoms with Crippen LogP contribution in [-0.4, -0.2) is 32.9 Å². The topological polar surface area (TPSA) is 84.7 Å². The van der Waals surface area contributed by atoms with Crippen molar-refractivity contribution < 1.29 is 32.6 Å². The van der Waals surface area contributed by atoms with E-state index in [1.807, 2.05) is 0 Å². The van der Waals surface area contributed by atoms with Crippen molar-refractivity contribution in [2.24, 2.45) is 0 Å². The Bertz CT molecular complexity index is 1240. The third-order valence-corrected chi connectivity index (χ3v) is 5.57. The Labute approximate surface area is 194 Å². The second-order valence-corrected chi connectivity index (χ2v) is 8.37. The predicted octanol–water partition coefficient (Wildman–Crippen LogP) is 5.42. The number of hydrogen-bond donors (Lipinski definition) is 1. The lowest BCUT2D eigenvalue weighted by atomic mass is 9.91.